The number of carbonyl (C=O) groups excluding carboxylic acids is 1. The molecule has 0 spiro atoms. The van der Waals surface area contributed by atoms with Gasteiger partial charge < -0.3 is 4.90 Å². The molecule has 0 radical (unpaired) electrons. The quantitative estimate of drug-likeness (QED) is 0.861. The number of hydrogen-bond donors (Lipinski definition) is 0. The topological polar surface area (TPSA) is 54.5 Å². The van der Waals surface area contributed by atoms with Crippen LogP contribution < -0.4 is 4.90 Å². The SMILES string of the molecule is Cc1ccc(N(C(=O)C2CCCC2)[C@H]2C=CS(=O)(=O)C2)cc1. The smallest absolute Gasteiger partial charge is 0.230 e. The van der Waals surface area contributed by atoms with Crippen LogP contribution in [-0.4, -0.2) is 26.1 Å². The third kappa shape index (κ3) is 3.09. The predicted molar refractivity (Wildman–Crippen MR) is 87.3 cm³/mol. The summed E-state index contributed by atoms with van der Waals surface area (Å²) in [5, 5.41) is 1.24. The molecule has 0 unspecified atom stereocenters. The Hall–Kier alpha value is -1.62. The molecule has 0 bridgehead atoms. The van der Waals surface area contributed by atoms with Gasteiger partial charge in [-0.05, 0) is 38.0 Å². The molecule has 1 aliphatic heterocycles. The molecule has 1 saturated carbocycles. The number of aryl methyl sites for hydroxylation is 1. The highest BCUT2D eigenvalue weighted by Gasteiger charge is 2.35. The van der Waals surface area contributed by atoms with E-state index in [-0.39, 0.29) is 23.6 Å². The third-order valence-electron chi connectivity index (χ3n) is 4.50. The van der Waals surface area contributed by atoms with Crippen LogP contribution in [0.3, 0.4) is 0 Å². The lowest BCUT2D eigenvalue weighted by Crippen LogP contribution is -2.44. The van der Waals surface area contributed by atoms with Gasteiger partial charge in [0, 0.05) is 17.0 Å². The summed E-state index contributed by atoms with van der Waals surface area (Å²) in [5.74, 6) is 0.0744. The van der Waals surface area contributed by atoms with Gasteiger partial charge in [0.05, 0.1) is 11.8 Å². The fraction of sp³-hybridized carbons (Fsp3) is 0.471. The van der Waals surface area contributed by atoms with E-state index in [1.165, 1.54) is 5.41 Å². The number of anilines is 1. The van der Waals surface area contributed by atoms with E-state index in [9.17, 15) is 13.2 Å². The minimum Gasteiger partial charge on any atom is -0.304 e. The van der Waals surface area contributed by atoms with Gasteiger partial charge in [-0.25, -0.2) is 8.42 Å². The molecule has 22 heavy (non-hydrogen) atoms. The molecule has 1 aromatic carbocycles. The summed E-state index contributed by atoms with van der Waals surface area (Å²) in [6.07, 6.45) is 5.62. The first kappa shape index (κ1) is 15.3. The van der Waals surface area contributed by atoms with Crippen LogP contribution in [0.5, 0.6) is 0 Å². The second-order valence-electron chi connectivity index (χ2n) is 6.25. The molecule has 1 heterocycles. The van der Waals surface area contributed by atoms with Crippen molar-refractivity contribution in [2.24, 2.45) is 5.92 Å². The van der Waals surface area contributed by atoms with Gasteiger partial charge in [0.2, 0.25) is 5.91 Å². The molecule has 1 aromatic rings. The largest absolute Gasteiger partial charge is 0.304 e. The summed E-state index contributed by atoms with van der Waals surface area (Å²) >= 11 is 0. The first-order valence-electron chi connectivity index (χ1n) is 7.77. The molecule has 0 aromatic heterocycles. The van der Waals surface area contributed by atoms with Crippen molar-refractivity contribution in [1.82, 2.24) is 0 Å². The van der Waals surface area contributed by atoms with Crippen molar-refractivity contribution < 1.29 is 13.2 Å². The summed E-state index contributed by atoms with van der Waals surface area (Å²) < 4.78 is 23.5. The van der Waals surface area contributed by atoms with Crippen LogP contribution in [0, 0.1) is 12.8 Å². The van der Waals surface area contributed by atoms with E-state index < -0.39 is 9.84 Å². The second-order valence-corrected chi connectivity index (χ2v) is 8.18. The van der Waals surface area contributed by atoms with Gasteiger partial charge in [-0.3, -0.25) is 4.79 Å². The third-order valence-corrected chi connectivity index (χ3v) is 5.87. The van der Waals surface area contributed by atoms with Gasteiger partial charge in [-0.2, -0.15) is 0 Å². The maximum absolute atomic E-state index is 12.9. The van der Waals surface area contributed by atoms with Crippen LogP contribution in [0.1, 0.15) is 31.2 Å². The first-order valence-corrected chi connectivity index (χ1v) is 9.48. The maximum atomic E-state index is 12.9. The van der Waals surface area contributed by atoms with Crippen LogP contribution in [0.4, 0.5) is 5.69 Å². The highest BCUT2D eigenvalue weighted by molar-refractivity contribution is 7.94. The van der Waals surface area contributed by atoms with Gasteiger partial charge in [-0.15, -0.1) is 0 Å². The van der Waals surface area contributed by atoms with E-state index in [4.69, 9.17) is 0 Å². The van der Waals surface area contributed by atoms with Crippen LogP contribution in [0.2, 0.25) is 0 Å². The molecule has 0 N–H and O–H groups in total. The van der Waals surface area contributed by atoms with Crippen molar-refractivity contribution in [3.63, 3.8) is 0 Å². The highest BCUT2D eigenvalue weighted by atomic mass is 32.2. The lowest BCUT2D eigenvalue weighted by Gasteiger charge is -2.30. The summed E-state index contributed by atoms with van der Waals surface area (Å²) in [7, 11) is -3.19. The number of rotatable bonds is 3. The Labute approximate surface area is 131 Å². The van der Waals surface area contributed by atoms with Crippen molar-refractivity contribution in [3.8, 4) is 0 Å². The molecule has 1 aliphatic carbocycles. The van der Waals surface area contributed by atoms with Gasteiger partial charge in [0.25, 0.3) is 0 Å². The number of nitrogens with zero attached hydrogens (tertiary/aromatic N) is 1. The summed E-state index contributed by atoms with van der Waals surface area (Å²) in [6.45, 7) is 1.99. The number of benzene rings is 1. The molecular weight excluding hydrogens is 298 g/mol. The Kier molecular flexibility index (Phi) is 4.08. The molecule has 118 valence electrons. The molecule has 4 nitrogen and oxygen atoms in total. The van der Waals surface area contributed by atoms with Crippen LogP contribution in [-0.2, 0) is 14.6 Å². The normalized spacial score (nSPS) is 23.8. The number of carbonyl (C=O) groups is 1. The summed E-state index contributed by atoms with van der Waals surface area (Å²) in [5.41, 5.74) is 1.90. The first-order chi connectivity index (χ1) is 10.5. The molecular formula is C17H21NO3S. The van der Waals surface area contributed by atoms with E-state index in [1.807, 2.05) is 31.2 Å². The maximum Gasteiger partial charge on any atom is 0.230 e. The van der Waals surface area contributed by atoms with Crippen molar-refractivity contribution in [2.75, 3.05) is 10.7 Å². The molecule has 1 fully saturated rings. The Morgan fingerprint density at radius 3 is 2.32 bits per heavy atom. The monoisotopic (exact) mass is 319 g/mol. The number of amides is 1. The predicted octanol–water partition coefficient (Wildman–Crippen LogP) is 2.83. The highest BCUT2D eigenvalue weighted by Crippen LogP contribution is 2.31. The fourth-order valence-electron chi connectivity index (χ4n) is 3.28. The number of hydrogen-bond acceptors (Lipinski definition) is 3. The molecule has 2 aliphatic rings. The molecule has 5 heteroatoms. The van der Waals surface area contributed by atoms with Crippen molar-refractivity contribution in [3.05, 3.63) is 41.3 Å². The average molecular weight is 319 g/mol. The van der Waals surface area contributed by atoms with E-state index in [2.05, 4.69) is 0 Å². The van der Waals surface area contributed by atoms with E-state index in [0.29, 0.717) is 0 Å². The van der Waals surface area contributed by atoms with E-state index >= 15 is 0 Å². The van der Waals surface area contributed by atoms with Crippen molar-refractivity contribution in [2.45, 2.75) is 38.6 Å². The van der Waals surface area contributed by atoms with Crippen LogP contribution in [0.25, 0.3) is 0 Å². The van der Waals surface area contributed by atoms with Crippen LogP contribution in [0.15, 0.2) is 35.7 Å². The van der Waals surface area contributed by atoms with Crippen LogP contribution >= 0.6 is 0 Å². The Morgan fingerprint density at radius 2 is 1.77 bits per heavy atom. The van der Waals surface area contributed by atoms with Gasteiger partial charge >= 0.3 is 0 Å². The number of sulfone groups is 1. The zero-order chi connectivity index (χ0) is 15.7. The lowest BCUT2D eigenvalue weighted by molar-refractivity contribution is -0.122. The fourth-order valence-corrected chi connectivity index (χ4v) is 4.55. The second kappa shape index (κ2) is 5.88. The molecule has 1 atom stereocenters. The van der Waals surface area contributed by atoms with Gasteiger partial charge in [0.15, 0.2) is 9.84 Å². The van der Waals surface area contributed by atoms with Crippen molar-refractivity contribution in [1.29, 1.82) is 0 Å². The molecule has 3 rings (SSSR count). The molecule has 0 saturated heterocycles. The minimum atomic E-state index is -3.19. The average Bonchev–Trinajstić information content (AvgIpc) is 3.11. The summed E-state index contributed by atoms with van der Waals surface area (Å²) in [6, 6.07) is 7.33. The van der Waals surface area contributed by atoms with Gasteiger partial charge in [-0.1, -0.05) is 30.5 Å². The Morgan fingerprint density at radius 1 is 1.14 bits per heavy atom. The van der Waals surface area contributed by atoms with Gasteiger partial charge in [0.1, 0.15) is 0 Å². The Bertz CT molecular complexity index is 685. The molecule has 1 amide bonds. The Balaban J connectivity index is 1.93. The zero-order valence-corrected chi connectivity index (χ0v) is 13.6. The zero-order valence-electron chi connectivity index (χ0n) is 12.7. The standard InChI is InChI=1S/C17H21NO3S/c1-13-6-8-15(9-7-13)18(16-10-11-22(20,21)12-16)17(19)14-4-2-3-5-14/h6-11,14,16H,2-5,12H2,1H3/t16-/m0/s1. The van der Waals surface area contributed by atoms with E-state index in [1.54, 1.807) is 11.0 Å². The lowest BCUT2D eigenvalue weighted by atomic mass is 10.0. The van der Waals surface area contributed by atoms with E-state index in [0.717, 1.165) is 36.9 Å². The van der Waals surface area contributed by atoms with Crippen molar-refractivity contribution >= 4 is 21.4 Å². The minimum absolute atomic E-state index is 0.0145. The summed E-state index contributed by atoms with van der Waals surface area (Å²) in [4.78, 5) is 14.6.